The van der Waals surface area contributed by atoms with Gasteiger partial charge in [-0.1, -0.05) is 65.7 Å². The zero-order valence-electron chi connectivity index (χ0n) is 18.3. The van der Waals surface area contributed by atoms with E-state index in [4.69, 9.17) is 23.2 Å². The molecule has 3 rings (SSSR count). The van der Waals surface area contributed by atoms with Crippen LogP contribution >= 0.6 is 35.0 Å². The zero-order chi connectivity index (χ0) is 23.6. The van der Waals surface area contributed by atoms with Gasteiger partial charge in [-0.2, -0.15) is 0 Å². The van der Waals surface area contributed by atoms with Crippen molar-refractivity contribution < 1.29 is 9.59 Å². The van der Waals surface area contributed by atoms with E-state index in [0.29, 0.717) is 23.0 Å². The van der Waals surface area contributed by atoms with Crippen LogP contribution in [0.1, 0.15) is 18.1 Å². The number of nitrogens with zero attached hydrogens (tertiary/aromatic N) is 1. The third-order valence-corrected chi connectivity index (χ3v) is 6.52. The molecule has 0 saturated carbocycles. The van der Waals surface area contributed by atoms with Gasteiger partial charge in [-0.25, -0.2) is 0 Å². The number of amides is 2. The number of hydrogen-bond acceptors (Lipinski definition) is 3. The average Bonchev–Trinajstić information content (AvgIpc) is 2.81. The zero-order valence-corrected chi connectivity index (χ0v) is 20.7. The number of nitrogens with one attached hydrogen (secondary N) is 1. The highest BCUT2D eigenvalue weighted by molar-refractivity contribution is 8.00. The Morgan fingerprint density at radius 2 is 1.61 bits per heavy atom. The Morgan fingerprint density at radius 3 is 2.27 bits per heavy atom. The van der Waals surface area contributed by atoms with E-state index in [9.17, 15) is 9.59 Å². The second-order valence-electron chi connectivity index (χ2n) is 7.49. The first kappa shape index (κ1) is 25.2. The van der Waals surface area contributed by atoms with Crippen molar-refractivity contribution in [3.05, 3.63) is 100 Å². The van der Waals surface area contributed by atoms with Gasteiger partial charge in [-0.05, 0) is 54.4 Å². The molecule has 4 nitrogen and oxygen atoms in total. The third-order valence-electron chi connectivity index (χ3n) is 5.04. The molecule has 172 valence electrons. The van der Waals surface area contributed by atoms with Crippen LogP contribution in [0.4, 0.5) is 0 Å². The lowest BCUT2D eigenvalue weighted by atomic mass is 10.0. The monoisotopic (exact) mass is 500 g/mol. The third kappa shape index (κ3) is 7.81. The van der Waals surface area contributed by atoms with Gasteiger partial charge in [0.15, 0.2) is 0 Å². The minimum absolute atomic E-state index is 0.123. The quantitative estimate of drug-likeness (QED) is 0.354. The van der Waals surface area contributed by atoms with E-state index in [-0.39, 0.29) is 24.1 Å². The first-order valence-corrected chi connectivity index (χ1v) is 12.4. The van der Waals surface area contributed by atoms with Crippen LogP contribution < -0.4 is 5.32 Å². The molecule has 3 aromatic rings. The largest absolute Gasteiger partial charge is 0.355 e. The molecule has 1 N–H and O–H groups in total. The molecule has 0 radical (unpaired) electrons. The lowest BCUT2D eigenvalue weighted by Crippen LogP contribution is -2.51. The maximum Gasteiger partial charge on any atom is 0.243 e. The molecule has 0 spiro atoms. The van der Waals surface area contributed by atoms with Crippen molar-refractivity contribution in [2.24, 2.45) is 0 Å². The number of thioether (sulfide) groups is 1. The fourth-order valence-electron chi connectivity index (χ4n) is 3.44. The van der Waals surface area contributed by atoms with E-state index < -0.39 is 6.04 Å². The van der Waals surface area contributed by atoms with Crippen molar-refractivity contribution >= 4 is 46.8 Å². The highest BCUT2D eigenvalue weighted by Crippen LogP contribution is 2.23. The molecule has 0 aromatic heterocycles. The molecule has 1 unspecified atom stereocenters. The van der Waals surface area contributed by atoms with Crippen molar-refractivity contribution in [1.82, 2.24) is 10.2 Å². The van der Waals surface area contributed by atoms with Crippen LogP contribution in [0.15, 0.2) is 83.8 Å². The molecular weight excluding hydrogens is 475 g/mol. The van der Waals surface area contributed by atoms with E-state index in [1.54, 1.807) is 23.1 Å². The maximum absolute atomic E-state index is 13.5. The molecule has 0 saturated heterocycles. The van der Waals surface area contributed by atoms with E-state index in [0.717, 1.165) is 16.0 Å². The summed E-state index contributed by atoms with van der Waals surface area (Å²) >= 11 is 13.6. The van der Waals surface area contributed by atoms with Gasteiger partial charge in [-0.3, -0.25) is 9.59 Å². The summed E-state index contributed by atoms with van der Waals surface area (Å²) in [7, 11) is 0. The lowest BCUT2D eigenvalue weighted by Gasteiger charge is -2.31. The number of rotatable bonds is 10. The number of carbonyl (C=O) groups excluding carboxylic acids is 2. The van der Waals surface area contributed by atoms with Gasteiger partial charge in [-0.15, -0.1) is 11.8 Å². The highest BCUT2D eigenvalue weighted by atomic mass is 35.5. The first-order valence-electron chi connectivity index (χ1n) is 10.7. The molecule has 0 fully saturated rings. The Bertz CT molecular complexity index is 1060. The summed E-state index contributed by atoms with van der Waals surface area (Å²) in [5.41, 5.74) is 1.86. The fourth-order valence-corrected chi connectivity index (χ4v) is 4.56. The molecule has 3 aromatic carbocycles. The van der Waals surface area contributed by atoms with Gasteiger partial charge in [0.2, 0.25) is 11.8 Å². The molecule has 33 heavy (non-hydrogen) atoms. The van der Waals surface area contributed by atoms with Gasteiger partial charge < -0.3 is 10.2 Å². The number of benzene rings is 3. The van der Waals surface area contributed by atoms with Crippen molar-refractivity contribution in [1.29, 1.82) is 0 Å². The standard InChI is InChI=1S/C26H26Cl2N2O2S/c1-2-29-26(32)24(16-19-7-4-3-5-8-19)30(17-20-9-6-10-22(28)15-20)25(31)18-33-23-13-11-21(27)12-14-23/h3-15,24H,2,16-18H2,1H3,(H,29,32). The summed E-state index contributed by atoms with van der Waals surface area (Å²) < 4.78 is 0. The first-order chi connectivity index (χ1) is 16.0. The molecule has 2 amide bonds. The molecule has 0 heterocycles. The second-order valence-corrected chi connectivity index (χ2v) is 9.42. The Hall–Kier alpha value is -2.47. The summed E-state index contributed by atoms with van der Waals surface area (Å²) in [6.45, 7) is 2.65. The summed E-state index contributed by atoms with van der Waals surface area (Å²) in [5.74, 6) is -0.0947. The molecule has 0 aliphatic rings. The second kappa shape index (κ2) is 12.7. The Kier molecular flexibility index (Phi) is 9.67. The van der Waals surface area contributed by atoms with E-state index in [2.05, 4.69) is 5.32 Å². The van der Waals surface area contributed by atoms with Crippen molar-refractivity contribution in [3.8, 4) is 0 Å². The molecule has 0 aliphatic heterocycles. The van der Waals surface area contributed by atoms with E-state index >= 15 is 0 Å². The topological polar surface area (TPSA) is 49.4 Å². The number of hydrogen-bond donors (Lipinski definition) is 1. The van der Waals surface area contributed by atoms with Crippen molar-refractivity contribution in [3.63, 3.8) is 0 Å². The predicted octanol–water partition coefficient (Wildman–Crippen LogP) is 5.86. The Morgan fingerprint density at radius 1 is 0.909 bits per heavy atom. The van der Waals surface area contributed by atoms with Crippen LogP contribution in [0.3, 0.4) is 0 Å². The smallest absolute Gasteiger partial charge is 0.243 e. The minimum Gasteiger partial charge on any atom is -0.355 e. The van der Waals surface area contributed by atoms with Crippen LogP contribution in [-0.2, 0) is 22.6 Å². The number of halogens is 2. The molecule has 7 heteroatoms. The van der Waals surface area contributed by atoms with Crippen LogP contribution in [0.25, 0.3) is 0 Å². The van der Waals surface area contributed by atoms with Crippen molar-refractivity contribution in [2.45, 2.75) is 30.8 Å². The van der Waals surface area contributed by atoms with Gasteiger partial charge in [0.1, 0.15) is 6.04 Å². The Labute approximate surface area is 209 Å². The maximum atomic E-state index is 13.5. The fraction of sp³-hybridized carbons (Fsp3) is 0.231. The summed E-state index contributed by atoms with van der Waals surface area (Å²) in [4.78, 5) is 29.2. The minimum atomic E-state index is -0.648. The van der Waals surface area contributed by atoms with Gasteiger partial charge in [0, 0.05) is 34.5 Å². The predicted molar refractivity (Wildman–Crippen MR) is 137 cm³/mol. The van der Waals surface area contributed by atoms with Crippen LogP contribution in [0.5, 0.6) is 0 Å². The molecule has 1 atom stereocenters. The van der Waals surface area contributed by atoms with Crippen LogP contribution in [0.2, 0.25) is 10.0 Å². The molecule has 0 bridgehead atoms. The summed E-state index contributed by atoms with van der Waals surface area (Å²) in [6, 6.07) is 23.8. The van der Waals surface area contributed by atoms with Crippen molar-refractivity contribution in [2.75, 3.05) is 12.3 Å². The normalized spacial score (nSPS) is 11.6. The number of likely N-dealkylation sites (N-methyl/N-ethyl adjacent to an activating group) is 1. The SMILES string of the molecule is CCNC(=O)C(Cc1ccccc1)N(Cc1cccc(Cl)c1)C(=O)CSc1ccc(Cl)cc1. The van der Waals surface area contributed by atoms with E-state index in [1.807, 2.05) is 67.6 Å². The van der Waals surface area contributed by atoms with Gasteiger partial charge >= 0.3 is 0 Å². The number of carbonyl (C=O) groups is 2. The van der Waals surface area contributed by atoms with Gasteiger partial charge in [0.05, 0.1) is 5.75 Å². The lowest BCUT2D eigenvalue weighted by molar-refractivity contribution is -0.139. The van der Waals surface area contributed by atoms with Crippen LogP contribution in [-0.4, -0.2) is 35.1 Å². The van der Waals surface area contributed by atoms with Crippen LogP contribution in [0, 0.1) is 0 Å². The summed E-state index contributed by atoms with van der Waals surface area (Å²) in [5, 5.41) is 4.13. The average molecular weight is 501 g/mol. The molecule has 0 aliphatic carbocycles. The van der Waals surface area contributed by atoms with E-state index in [1.165, 1.54) is 11.8 Å². The summed E-state index contributed by atoms with van der Waals surface area (Å²) in [6.07, 6.45) is 0.421. The highest BCUT2D eigenvalue weighted by Gasteiger charge is 2.30. The van der Waals surface area contributed by atoms with Gasteiger partial charge in [0.25, 0.3) is 0 Å². The molecular formula is C26H26Cl2N2O2S. The Balaban J connectivity index is 1.88.